The Labute approximate surface area is 105 Å². The Kier molecular flexibility index (Phi) is 4.99. The minimum Gasteiger partial charge on any atom is -0.352 e. The van der Waals surface area contributed by atoms with Crippen LogP contribution >= 0.6 is 0 Å². The Morgan fingerprint density at radius 2 is 1.94 bits per heavy atom. The van der Waals surface area contributed by atoms with E-state index in [1.54, 1.807) is 6.92 Å². The summed E-state index contributed by atoms with van der Waals surface area (Å²) in [5, 5.41) is 12.1. The summed E-state index contributed by atoms with van der Waals surface area (Å²) in [6, 6.07) is 2.41. The van der Waals surface area contributed by atoms with Gasteiger partial charge in [0.2, 0.25) is 5.91 Å². The summed E-state index contributed by atoms with van der Waals surface area (Å²) in [4.78, 5) is 12.0. The van der Waals surface area contributed by atoms with Gasteiger partial charge in [-0.1, -0.05) is 20.3 Å². The van der Waals surface area contributed by atoms with Gasteiger partial charge in [0.05, 0.1) is 6.07 Å². The second-order valence-electron chi connectivity index (χ2n) is 5.40. The number of nitrogens with one attached hydrogen (secondary N) is 1. The molecule has 1 N–H and O–H groups in total. The first-order chi connectivity index (χ1) is 8.05. The minimum atomic E-state index is -0.860. The van der Waals surface area contributed by atoms with Crippen LogP contribution in [0.1, 0.15) is 59.3 Å². The van der Waals surface area contributed by atoms with E-state index < -0.39 is 5.41 Å². The molecular weight excluding hydrogens is 212 g/mol. The van der Waals surface area contributed by atoms with Gasteiger partial charge in [0.1, 0.15) is 5.41 Å². The first-order valence-electron chi connectivity index (χ1n) is 6.78. The zero-order valence-corrected chi connectivity index (χ0v) is 11.3. The highest BCUT2D eigenvalue weighted by atomic mass is 16.2. The summed E-state index contributed by atoms with van der Waals surface area (Å²) in [5.74, 6) is 0.735. The average molecular weight is 236 g/mol. The van der Waals surface area contributed by atoms with Crippen molar-refractivity contribution in [3.05, 3.63) is 0 Å². The molecule has 0 aromatic heterocycles. The number of nitriles is 1. The van der Waals surface area contributed by atoms with Crippen LogP contribution in [0.15, 0.2) is 0 Å². The number of carbonyl (C=O) groups is 1. The Morgan fingerprint density at radius 1 is 1.35 bits per heavy atom. The molecular formula is C14H24N2O. The van der Waals surface area contributed by atoms with E-state index in [1.165, 1.54) is 19.3 Å². The highest BCUT2D eigenvalue weighted by Crippen LogP contribution is 2.27. The van der Waals surface area contributed by atoms with Crippen LogP contribution in [0.2, 0.25) is 0 Å². The second kappa shape index (κ2) is 6.05. The van der Waals surface area contributed by atoms with Crippen molar-refractivity contribution in [1.29, 1.82) is 5.26 Å². The van der Waals surface area contributed by atoms with E-state index in [1.807, 2.05) is 6.92 Å². The van der Waals surface area contributed by atoms with E-state index in [0.717, 1.165) is 18.8 Å². The third-order valence-electron chi connectivity index (χ3n) is 4.21. The summed E-state index contributed by atoms with van der Waals surface area (Å²) in [6.45, 7) is 5.84. The molecule has 0 saturated heterocycles. The number of nitrogens with zero attached hydrogens (tertiary/aromatic N) is 1. The summed E-state index contributed by atoms with van der Waals surface area (Å²) < 4.78 is 0. The molecule has 0 aliphatic heterocycles. The maximum atomic E-state index is 12.0. The van der Waals surface area contributed by atoms with Crippen LogP contribution in [-0.4, -0.2) is 11.9 Å². The lowest BCUT2D eigenvalue weighted by Crippen LogP contribution is -2.44. The topological polar surface area (TPSA) is 52.9 Å². The zero-order chi connectivity index (χ0) is 12.9. The van der Waals surface area contributed by atoms with Crippen molar-refractivity contribution in [3.63, 3.8) is 0 Å². The lowest BCUT2D eigenvalue weighted by molar-refractivity contribution is -0.128. The molecule has 1 aliphatic rings. The highest BCUT2D eigenvalue weighted by molar-refractivity contribution is 5.85. The molecule has 0 radical (unpaired) electrons. The lowest BCUT2D eigenvalue weighted by atomic mass is 9.83. The Hall–Kier alpha value is -1.04. The van der Waals surface area contributed by atoms with Crippen molar-refractivity contribution in [3.8, 4) is 6.07 Å². The smallest absolute Gasteiger partial charge is 0.240 e. The van der Waals surface area contributed by atoms with Crippen LogP contribution in [0.25, 0.3) is 0 Å². The fourth-order valence-corrected chi connectivity index (χ4v) is 2.35. The Balaban J connectivity index is 2.46. The van der Waals surface area contributed by atoms with Crippen LogP contribution in [0.3, 0.4) is 0 Å². The second-order valence-corrected chi connectivity index (χ2v) is 5.40. The molecule has 1 aliphatic carbocycles. The van der Waals surface area contributed by atoms with Crippen molar-refractivity contribution < 1.29 is 4.79 Å². The first kappa shape index (κ1) is 14.0. The largest absolute Gasteiger partial charge is 0.352 e. The van der Waals surface area contributed by atoms with E-state index >= 15 is 0 Å². The first-order valence-corrected chi connectivity index (χ1v) is 6.78. The number of carbonyl (C=O) groups excluding carboxylic acids is 1. The fourth-order valence-electron chi connectivity index (χ4n) is 2.35. The quantitative estimate of drug-likeness (QED) is 0.815. The molecule has 1 atom stereocenters. The molecule has 1 unspecified atom stereocenters. The molecule has 1 fully saturated rings. The van der Waals surface area contributed by atoms with E-state index in [4.69, 9.17) is 5.26 Å². The van der Waals surface area contributed by atoms with Gasteiger partial charge >= 0.3 is 0 Å². The van der Waals surface area contributed by atoms with Gasteiger partial charge in [0, 0.05) is 6.04 Å². The number of rotatable bonds is 4. The van der Waals surface area contributed by atoms with Gasteiger partial charge < -0.3 is 5.32 Å². The van der Waals surface area contributed by atoms with Crippen LogP contribution in [0.4, 0.5) is 0 Å². The van der Waals surface area contributed by atoms with E-state index in [2.05, 4.69) is 18.3 Å². The van der Waals surface area contributed by atoms with Crippen molar-refractivity contribution >= 4 is 5.91 Å². The van der Waals surface area contributed by atoms with E-state index in [0.29, 0.717) is 6.42 Å². The molecule has 1 rings (SSSR count). The maximum absolute atomic E-state index is 12.0. The molecule has 1 amide bonds. The SMILES string of the molecule is CCC1CCC(NC(=O)C(C)(C#N)CC)CC1. The van der Waals surface area contributed by atoms with Crippen LogP contribution in [-0.2, 0) is 4.79 Å². The monoisotopic (exact) mass is 236 g/mol. The normalized spacial score (nSPS) is 27.9. The summed E-state index contributed by atoms with van der Waals surface area (Å²) in [6.07, 6.45) is 6.35. The summed E-state index contributed by atoms with van der Waals surface area (Å²) in [7, 11) is 0. The lowest BCUT2D eigenvalue weighted by Gasteiger charge is -2.30. The number of hydrogen-bond acceptors (Lipinski definition) is 2. The standard InChI is InChI=1S/C14H24N2O/c1-4-11-6-8-12(9-7-11)16-13(17)14(3,5-2)10-15/h11-12H,4-9H2,1-3H3,(H,16,17). The van der Waals surface area contributed by atoms with Gasteiger partial charge in [-0.05, 0) is 44.9 Å². The molecule has 3 nitrogen and oxygen atoms in total. The third-order valence-corrected chi connectivity index (χ3v) is 4.21. The van der Waals surface area contributed by atoms with Crippen molar-refractivity contribution in [2.24, 2.45) is 11.3 Å². The highest BCUT2D eigenvalue weighted by Gasteiger charge is 2.33. The predicted octanol–water partition coefficient (Wildman–Crippen LogP) is 3.01. The summed E-state index contributed by atoms with van der Waals surface area (Å²) in [5.41, 5.74) is -0.860. The third kappa shape index (κ3) is 3.46. The molecule has 0 aromatic carbocycles. The minimum absolute atomic E-state index is 0.0950. The molecule has 0 bridgehead atoms. The summed E-state index contributed by atoms with van der Waals surface area (Å²) >= 11 is 0. The van der Waals surface area contributed by atoms with Gasteiger partial charge in [-0.3, -0.25) is 4.79 Å². The number of amides is 1. The van der Waals surface area contributed by atoms with E-state index in [-0.39, 0.29) is 11.9 Å². The van der Waals surface area contributed by atoms with Crippen molar-refractivity contribution in [2.45, 2.75) is 65.3 Å². The Bertz CT molecular complexity index is 300. The molecule has 1 saturated carbocycles. The van der Waals surface area contributed by atoms with Crippen LogP contribution in [0, 0.1) is 22.7 Å². The van der Waals surface area contributed by atoms with Gasteiger partial charge in [-0.15, -0.1) is 0 Å². The van der Waals surface area contributed by atoms with Crippen molar-refractivity contribution in [1.82, 2.24) is 5.32 Å². The fraction of sp³-hybridized carbons (Fsp3) is 0.857. The van der Waals surface area contributed by atoms with E-state index in [9.17, 15) is 4.79 Å². The zero-order valence-electron chi connectivity index (χ0n) is 11.3. The molecule has 96 valence electrons. The van der Waals surface area contributed by atoms with Crippen LogP contribution < -0.4 is 5.32 Å². The predicted molar refractivity (Wildman–Crippen MR) is 68.2 cm³/mol. The van der Waals surface area contributed by atoms with Crippen molar-refractivity contribution in [2.75, 3.05) is 0 Å². The Morgan fingerprint density at radius 3 is 2.35 bits per heavy atom. The van der Waals surface area contributed by atoms with Gasteiger partial charge in [-0.2, -0.15) is 5.26 Å². The molecule has 0 aromatic rings. The van der Waals surface area contributed by atoms with Gasteiger partial charge in [0.25, 0.3) is 0 Å². The molecule has 3 heteroatoms. The molecule has 0 spiro atoms. The van der Waals surface area contributed by atoms with Gasteiger partial charge in [-0.25, -0.2) is 0 Å². The molecule has 17 heavy (non-hydrogen) atoms. The maximum Gasteiger partial charge on any atom is 0.240 e. The van der Waals surface area contributed by atoms with Crippen LogP contribution in [0.5, 0.6) is 0 Å². The average Bonchev–Trinajstić information content (AvgIpc) is 2.38. The number of hydrogen-bond donors (Lipinski definition) is 1. The van der Waals surface area contributed by atoms with Gasteiger partial charge in [0.15, 0.2) is 0 Å². The molecule has 0 heterocycles.